The molecular formula is C11H14N2O3. The smallest absolute Gasteiger partial charge is 0.317 e. The van der Waals surface area contributed by atoms with Gasteiger partial charge < -0.3 is 10.4 Å². The number of carboxylic acids is 1. The Kier molecular flexibility index (Phi) is 4.47. The Morgan fingerprint density at radius 1 is 1.31 bits per heavy atom. The quantitative estimate of drug-likeness (QED) is 0.707. The molecule has 0 saturated carbocycles. The topological polar surface area (TPSA) is 69.6 Å². The van der Waals surface area contributed by atoms with Crippen LogP contribution in [0, 0.1) is 0 Å². The molecule has 1 aromatic carbocycles. The van der Waals surface area contributed by atoms with Gasteiger partial charge in [0.05, 0.1) is 13.2 Å². The molecule has 0 aliphatic rings. The first-order chi connectivity index (χ1) is 7.59. The number of carbonyl (C=O) groups is 2. The van der Waals surface area contributed by atoms with Crippen molar-refractivity contribution in [1.82, 2.24) is 10.2 Å². The van der Waals surface area contributed by atoms with Crippen LogP contribution in [0.5, 0.6) is 0 Å². The zero-order valence-electron chi connectivity index (χ0n) is 9.01. The summed E-state index contributed by atoms with van der Waals surface area (Å²) in [6, 6.07) is 8.78. The minimum Gasteiger partial charge on any atom is -0.480 e. The van der Waals surface area contributed by atoms with E-state index in [2.05, 4.69) is 5.32 Å². The molecule has 1 rings (SSSR count). The van der Waals surface area contributed by atoms with Crippen molar-refractivity contribution in [2.45, 2.75) is 0 Å². The summed E-state index contributed by atoms with van der Waals surface area (Å²) in [6.45, 7) is 0.106. The van der Waals surface area contributed by atoms with Crippen molar-refractivity contribution in [2.75, 3.05) is 20.3 Å². The number of carbonyl (C=O) groups excluding carboxylic acids is 1. The Hall–Kier alpha value is -1.88. The number of hydrogen-bond donors (Lipinski definition) is 2. The molecule has 0 aliphatic heterocycles. The second-order valence-electron chi connectivity index (χ2n) is 3.44. The molecule has 1 aromatic rings. The van der Waals surface area contributed by atoms with Crippen LogP contribution in [0.25, 0.3) is 0 Å². The molecule has 0 unspecified atom stereocenters. The number of rotatable bonds is 5. The SMILES string of the molecule is CN(CNC(=O)c1ccccc1)CC(=O)O. The molecule has 16 heavy (non-hydrogen) atoms. The van der Waals surface area contributed by atoms with E-state index in [0.29, 0.717) is 5.56 Å². The summed E-state index contributed by atoms with van der Waals surface area (Å²) in [5, 5.41) is 11.1. The van der Waals surface area contributed by atoms with Crippen LogP contribution in [-0.4, -0.2) is 42.1 Å². The summed E-state index contributed by atoms with van der Waals surface area (Å²) in [7, 11) is 1.62. The van der Waals surface area contributed by atoms with Gasteiger partial charge in [0.25, 0.3) is 5.91 Å². The van der Waals surface area contributed by atoms with E-state index in [0.717, 1.165) is 0 Å². The third-order valence-corrected chi connectivity index (χ3v) is 1.95. The average Bonchev–Trinajstić information content (AvgIpc) is 2.26. The van der Waals surface area contributed by atoms with Crippen molar-refractivity contribution >= 4 is 11.9 Å². The van der Waals surface area contributed by atoms with Crippen molar-refractivity contribution in [1.29, 1.82) is 0 Å². The molecule has 0 aliphatic carbocycles. The molecule has 0 radical (unpaired) electrons. The van der Waals surface area contributed by atoms with E-state index >= 15 is 0 Å². The summed E-state index contributed by atoms with van der Waals surface area (Å²) in [4.78, 5) is 23.4. The molecule has 0 atom stereocenters. The highest BCUT2D eigenvalue weighted by molar-refractivity contribution is 5.94. The van der Waals surface area contributed by atoms with Crippen LogP contribution in [0.4, 0.5) is 0 Å². The third-order valence-electron chi connectivity index (χ3n) is 1.95. The summed E-state index contributed by atoms with van der Waals surface area (Å²) < 4.78 is 0. The molecule has 0 spiro atoms. The molecule has 2 N–H and O–H groups in total. The Morgan fingerprint density at radius 2 is 1.94 bits per heavy atom. The molecule has 0 bridgehead atoms. The van der Waals surface area contributed by atoms with Crippen LogP contribution in [0.15, 0.2) is 30.3 Å². The summed E-state index contributed by atoms with van der Waals surface area (Å²) in [6.07, 6.45) is 0. The lowest BCUT2D eigenvalue weighted by atomic mass is 10.2. The van der Waals surface area contributed by atoms with Crippen LogP contribution in [0.2, 0.25) is 0 Å². The number of amides is 1. The molecule has 86 valence electrons. The molecule has 1 amide bonds. The van der Waals surface area contributed by atoms with Crippen LogP contribution in [-0.2, 0) is 4.79 Å². The fraction of sp³-hybridized carbons (Fsp3) is 0.273. The minimum absolute atomic E-state index is 0.102. The molecular weight excluding hydrogens is 208 g/mol. The second-order valence-corrected chi connectivity index (χ2v) is 3.44. The van der Waals surface area contributed by atoms with Crippen molar-refractivity contribution < 1.29 is 14.7 Å². The maximum atomic E-state index is 11.5. The van der Waals surface area contributed by atoms with Crippen LogP contribution in [0.1, 0.15) is 10.4 Å². The predicted octanol–water partition coefficient (Wildman–Crippen LogP) is 0.390. The predicted molar refractivity (Wildman–Crippen MR) is 59.0 cm³/mol. The zero-order valence-corrected chi connectivity index (χ0v) is 9.01. The normalized spacial score (nSPS) is 10.1. The highest BCUT2D eigenvalue weighted by atomic mass is 16.4. The number of hydrogen-bond acceptors (Lipinski definition) is 3. The molecule has 0 fully saturated rings. The number of likely N-dealkylation sites (N-methyl/N-ethyl adjacent to an activating group) is 1. The Morgan fingerprint density at radius 3 is 2.50 bits per heavy atom. The van der Waals surface area contributed by atoms with Crippen molar-refractivity contribution in [3.8, 4) is 0 Å². The lowest BCUT2D eigenvalue weighted by molar-refractivity contribution is -0.138. The van der Waals surface area contributed by atoms with Crippen LogP contribution < -0.4 is 5.32 Å². The van der Waals surface area contributed by atoms with Gasteiger partial charge in [-0.15, -0.1) is 0 Å². The van der Waals surface area contributed by atoms with Gasteiger partial charge in [-0.2, -0.15) is 0 Å². The first kappa shape index (κ1) is 12.2. The van der Waals surface area contributed by atoms with Gasteiger partial charge in [0.1, 0.15) is 0 Å². The highest BCUT2D eigenvalue weighted by Gasteiger charge is 2.07. The summed E-state index contributed by atoms with van der Waals surface area (Å²) in [5.74, 6) is -1.13. The van der Waals surface area contributed by atoms with Crippen LogP contribution in [0.3, 0.4) is 0 Å². The fourth-order valence-corrected chi connectivity index (χ4v) is 1.19. The Bertz CT molecular complexity index is 365. The van der Waals surface area contributed by atoms with Gasteiger partial charge in [-0.1, -0.05) is 18.2 Å². The molecule has 5 heteroatoms. The van der Waals surface area contributed by atoms with Crippen molar-refractivity contribution in [3.05, 3.63) is 35.9 Å². The number of aliphatic carboxylic acids is 1. The lowest BCUT2D eigenvalue weighted by Crippen LogP contribution is -2.37. The number of benzene rings is 1. The van der Waals surface area contributed by atoms with Crippen molar-refractivity contribution in [2.24, 2.45) is 0 Å². The third kappa shape index (κ3) is 4.10. The summed E-state index contributed by atoms with van der Waals surface area (Å²) >= 11 is 0. The fourth-order valence-electron chi connectivity index (χ4n) is 1.19. The minimum atomic E-state index is -0.920. The molecule has 0 aromatic heterocycles. The van der Waals surface area contributed by atoms with E-state index < -0.39 is 5.97 Å². The van der Waals surface area contributed by atoms with E-state index in [4.69, 9.17) is 5.11 Å². The van der Waals surface area contributed by atoms with Gasteiger partial charge in [0, 0.05) is 5.56 Å². The molecule has 0 saturated heterocycles. The van der Waals surface area contributed by atoms with Gasteiger partial charge in [-0.3, -0.25) is 14.5 Å². The van der Waals surface area contributed by atoms with E-state index in [1.807, 2.05) is 6.07 Å². The van der Waals surface area contributed by atoms with Gasteiger partial charge >= 0.3 is 5.97 Å². The van der Waals surface area contributed by atoms with Gasteiger partial charge in [-0.05, 0) is 19.2 Å². The molecule has 5 nitrogen and oxygen atoms in total. The second kappa shape index (κ2) is 5.87. The van der Waals surface area contributed by atoms with E-state index in [-0.39, 0.29) is 19.1 Å². The van der Waals surface area contributed by atoms with E-state index in [1.54, 1.807) is 31.3 Å². The first-order valence-corrected chi connectivity index (χ1v) is 4.83. The first-order valence-electron chi connectivity index (χ1n) is 4.83. The highest BCUT2D eigenvalue weighted by Crippen LogP contribution is 1.97. The Labute approximate surface area is 93.7 Å². The Balaban J connectivity index is 2.39. The maximum Gasteiger partial charge on any atom is 0.317 e. The van der Waals surface area contributed by atoms with Gasteiger partial charge in [-0.25, -0.2) is 0 Å². The number of nitrogens with zero attached hydrogens (tertiary/aromatic N) is 1. The monoisotopic (exact) mass is 222 g/mol. The van der Waals surface area contributed by atoms with E-state index in [1.165, 1.54) is 4.90 Å². The van der Waals surface area contributed by atoms with Gasteiger partial charge in [0.2, 0.25) is 0 Å². The number of nitrogens with one attached hydrogen (secondary N) is 1. The number of carboxylic acid groups (broad SMARTS) is 1. The largest absolute Gasteiger partial charge is 0.480 e. The average molecular weight is 222 g/mol. The summed E-state index contributed by atoms with van der Waals surface area (Å²) in [5.41, 5.74) is 0.561. The van der Waals surface area contributed by atoms with E-state index in [9.17, 15) is 9.59 Å². The van der Waals surface area contributed by atoms with Gasteiger partial charge in [0.15, 0.2) is 0 Å². The molecule has 0 heterocycles. The lowest BCUT2D eigenvalue weighted by Gasteiger charge is -2.14. The van der Waals surface area contributed by atoms with Crippen molar-refractivity contribution in [3.63, 3.8) is 0 Å². The zero-order chi connectivity index (χ0) is 12.0. The van der Waals surface area contributed by atoms with Crippen LogP contribution >= 0.6 is 0 Å². The standard InChI is InChI=1S/C11H14N2O3/c1-13(7-10(14)15)8-12-11(16)9-5-3-2-4-6-9/h2-6H,7-8H2,1H3,(H,12,16)(H,14,15). The maximum absolute atomic E-state index is 11.5.